The van der Waals surface area contributed by atoms with E-state index in [1.54, 1.807) is 89.9 Å². The van der Waals surface area contributed by atoms with Crippen LogP contribution in [-0.4, -0.2) is 33.6 Å². The Morgan fingerprint density at radius 1 is 0.241 bits per heavy atom. The average molecular weight is 1090 g/mol. The van der Waals surface area contributed by atoms with E-state index in [-0.39, 0.29) is 18.3 Å². The second kappa shape index (κ2) is 23.9. The molecule has 0 amide bonds. The van der Waals surface area contributed by atoms with Crippen LogP contribution >= 0.6 is 0 Å². The van der Waals surface area contributed by atoms with Gasteiger partial charge < -0.3 is 15.3 Å². The van der Waals surface area contributed by atoms with Gasteiger partial charge in [0.1, 0.15) is 0 Å². The molecule has 12 saturated carbocycles. The van der Waals surface area contributed by atoms with Crippen molar-refractivity contribution in [3.8, 4) is 0 Å². The summed E-state index contributed by atoms with van der Waals surface area (Å²) in [6, 6.07) is 0. The van der Waals surface area contributed by atoms with Crippen molar-refractivity contribution in [3.63, 3.8) is 0 Å². The zero-order chi connectivity index (χ0) is 55.0. The summed E-state index contributed by atoms with van der Waals surface area (Å²) in [5.74, 6) is 15.6. The smallest absolute Gasteiger partial charge is 0.0540 e. The summed E-state index contributed by atoms with van der Waals surface area (Å²) in [6.07, 6.45) is 60.4. The summed E-state index contributed by atoms with van der Waals surface area (Å²) in [5, 5.41) is 32.3. The van der Waals surface area contributed by atoms with Crippen LogP contribution in [0, 0.1) is 133 Å². The molecule has 452 valence electrons. The zero-order valence-corrected chi connectivity index (χ0v) is 53.3. The lowest BCUT2D eigenvalue weighted by Crippen LogP contribution is -2.51. The molecule has 0 aromatic carbocycles. The molecular weight excluding hydrogens is 961 g/mol. The molecule has 12 aliphatic carbocycles. The Balaban J connectivity index is 0.794. The molecule has 3 unspecified atom stereocenters. The standard InChI is InChI=1S/C76H130O3/c1-51-8-18-59(19-9-51)74(62-24-30-68(77)31-25-62)42-36-56(37-43-74)71(2,3)65-48-66(50-67(49-65)73(6,7)58-40-46-76(47-41-58,63-26-32-69(78)33-27-63)64-28-34-70(79)35-29-64)72(4,5)57-38-44-75(45-39-57,60-20-14-54(15-21-60)52-10-11-52)61-22-16-55(17-23-61)53-12-13-53/h51-70,77-79H,8-50H2,1-7H3. The molecule has 3 heteroatoms. The molecule has 0 radical (unpaired) electrons. The van der Waals surface area contributed by atoms with E-state index < -0.39 is 0 Å². The normalized spacial score (nSPS) is 48.5. The number of rotatable bonds is 14. The lowest BCUT2D eigenvalue weighted by Gasteiger charge is -2.60. The summed E-state index contributed by atoms with van der Waals surface area (Å²) >= 11 is 0. The van der Waals surface area contributed by atoms with Gasteiger partial charge in [0.2, 0.25) is 0 Å². The van der Waals surface area contributed by atoms with Crippen LogP contribution in [-0.2, 0) is 0 Å². The van der Waals surface area contributed by atoms with E-state index in [1.165, 1.54) is 148 Å². The molecule has 0 aromatic rings. The minimum absolute atomic E-state index is 0.0463. The zero-order valence-electron chi connectivity index (χ0n) is 53.3. The van der Waals surface area contributed by atoms with E-state index >= 15 is 0 Å². The van der Waals surface area contributed by atoms with Crippen molar-refractivity contribution in [3.05, 3.63) is 0 Å². The molecular formula is C76H130O3. The molecule has 0 saturated heterocycles. The van der Waals surface area contributed by atoms with E-state index in [4.69, 9.17) is 0 Å². The maximum absolute atomic E-state index is 10.8. The molecule has 12 rings (SSSR count). The molecule has 0 spiro atoms. The van der Waals surface area contributed by atoms with Crippen LogP contribution in [0.4, 0.5) is 0 Å². The van der Waals surface area contributed by atoms with Crippen molar-refractivity contribution >= 4 is 0 Å². The fourth-order valence-corrected chi connectivity index (χ4v) is 25.5. The van der Waals surface area contributed by atoms with Gasteiger partial charge in [0.05, 0.1) is 18.3 Å². The number of aliphatic hydroxyl groups is 3. The summed E-state index contributed by atoms with van der Waals surface area (Å²) in [7, 11) is 0. The van der Waals surface area contributed by atoms with Crippen LogP contribution in [0.3, 0.4) is 0 Å². The highest BCUT2D eigenvalue weighted by molar-refractivity contribution is 5.08. The third-order valence-corrected chi connectivity index (χ3v) is 31.9. The monoisotopic (exact) mass is 1090 g/mol. The fourth-order valence-electron chi connectivity index (χ4n) is 25.5. The maximum atomic E-state index is 10.8. The van der Waals surface area contributed by atoms with Gasteiger partial charge in [-0.3, -0.25) is 0 Å². The van der Waals surface area contributed by atoms with E-state index in [0.717, 1.165) is 139 Å². The number of hydrogen-bond donors (Lipinski definition) is 3. The first-order chi connectivity index (χ1) is 37.9. The van der Waals surface area contributed by atoms with Gasteiger partial charge in [0, 0.05) is 0 Å². The predicted octanol–water partition coefficient (Wildman–Crippen LogP) is 20.5. The molecule has 3 nitrogen and oxygen atoms in total. The van der Waals surface area contributed by atoms with Crippen LogP contribution in [0.2, 0.25) is 0 Å². The lowest BCUT2D eigenvalue weighted by molar-refractivity contribution is -0.105. The molecule has 12 fully saturated rings. The van der Waals surface area contributed by atoms with Crippen molar-refractivity contribution in [2.24, 2.45) is 133 Å². The Bertz CT molecular complexity index is 1730. The molecule has 0 aliphatic heterocycles. The van der Waals surface area contributed by atoms with Gasteiger partial charge in [-0.2, -0.15) is 0 Å². The fraction of sp³-hybridized carbons (Fsp3) is 1.00. The molecule has 0 heterocycles. The summed E-state index contributed by atoms with van der Waals surface area (Å²) in [6.45, 7) is 19.7. The van der Waals surface area contributed by atoms with Gasteiger partial charge in [-0.1, -0.05) is 61.3 Å². The van der Waals surface area contributed by atoms with E-state index in [1.807, 2.05) is 0 Å². The largest absolute Gasteiger partial charge is 0.393 e. The van der Waals surface area contributed by atoms with Crippen molar-refractivity contribution in [2.75, 3.05) is 0 Å². The predicted molar refractivity (Wildman–Crippen MR) is 330 cm³/mol. The van der Waals surface area contributed by atoms with Crippen LogP contribution in [0.1, 0.15) is 325 Å². The van der Waals surface area contributed by atoms with Crippen LogP contribution in [0.15, 0.2) is 0 Å². The Kier molecular flexibility index (Phi) is 17.9. The van der Waals surface area contributed by atoms with E-state index in [2.05, 4.69) is 48.5 Å². The second-order valence-electron chi connectivity index (χ2n) is 35.7. The minimum Gasteiger partial charge on any atom is -0.393 e. The van der Waals surface area contributed by atoms with E-state index in [0.29, 0.717) is 32.5 Å². The van der Waals surface area contributed by atoms with Crippen LogP contribution in [0.5, 0.6) is 0 Å². The number of hydrogen-bond acceptors (Lipinski definition) is 3. The van der Waals surface area contributed by atoms with Gasteiger partial charge in [-0.05, 0) is 396 Å². The molecule has 79 heavy (non-hydrogen) atoms. The SMILES string of the molecule is CC1CCC(C2(C3CCC(O)CC3)CCC(C(C)(C)C3CC(C(C)(C)C4CCC(C5CCC(O)CC5)(C5CCC(O)CC5)CC4)CC(C(C)(C)C4CCC(C5CCC(C6CC6)CC5)(C5CCC(C6CC6)CC5)CC4)C3)CC2)CC1. The van der Waals surface area contributed by atoms with Crippen LogP contribution in [0.25, 0.3) is 0 Å². The highest BCUT2D eigenvalue weighted by Gasteiger charge is 2.58. The molecule has 3 N–H and O–H groups in total. The summed E-state index contributed by atoms with van der Waals surface area (Å²) < 4.78 is 0. The molecule has 3 atom stereocenters. The van der Waals surface area contributed by atoms with Gasteiger partial charge in [0.25, 0.3) is 0 Å². The Morgan fingerprint density at radius 2 is 0.430 bits per heavy atom. The average Bonchev–Trinajstić information content (AvgIpc) is 4.54. The van der Waals surface area contributed by atoms with Gasteiger partial charge in [0.15, 0.2) is 0 Å². The number of aliphatic hydroxyl groups excluding tert-OH is 3. The van der Waals surface area contributed by atoms with Crippen molar-refractivity contribution < 1.29 is 15.3 Å². The Labute approximate surface area is 488 Å². The lowest BCUT2D eigenvalue weighted by atomic mass is 9.45. The van der Waals surface area contributed by atoms with Crippen molar-refractivity contribution in [2.45, 2.75) is 343 Å². The highest BCUT2D eigenvalue weighted by Crippen LogP contribution is 2.68. The first-order valence-electron chi connectivity index (χ1n) is 36.9. The molecule has 12 aliphatic rings. The molecule has 0 bridgehead atoms. The minimum atomic E-state index is -0.0781. The van der Waals surface area contributed by atoms with Crippen molar-refractivity contribution in [1.82, 2.24) is 0 Å². The van der Waals surface area contributed by atoms with Gasteiger partial charge in [-0.15, -0.1) is 0 Å². The van der Waals surface area contributed by atoms with Crippen molar-refractivity contribution in [1.29, 1.82) is 0 Å². The molecule has 0 aromatic heterocycles. The Hall–Kier alpha value is -0.120. The first-order valence-corrected chi connectivity index (χ1v) is 36.9. The summed E-state index contributed by atoms with van der Waals surface area (Å²) in [5.41, 5.74) is 2.69. The summed E-state index contributed by atoms with van der Waals surface area (Å²) in [4.78, 5) is 0. The second-order valence-corrected chi connectivity index (χ2v) is 35.7. The quantitative estimate of drug-likeness (QED) is 0.162. The Morgan fingerprint density at radius 3 is 0.646 bits per heavy atom. The third kappa shape index (κ3) is 11.9. The van der Waals surface area contributed by atoms with Gasteiger partial charge >= 0.3 is 0 Å². The topological polar surface area (TPSA) is 60.7 Å². The maximum Gasteiger partial charge on any atom is 0.0540 e. The van der Waals surface area contributed by atoms with E-state index in [9.17, 15) is 15.3 Å². The highest BCUT2D eigenvalue weighted by atomic mass is 16.3. The third-order valence-electron chi connectivity index (χ3n) is 31.9. The van der Waals surface area contributed by atoms with Gasteiger partial charge in [-0.25, -0.2) is 0 Å². The first kappa shape index (κ1) is 59.2. The van der Waals surface area contributed by atoms with Crippen LogP contribution < -0.4 is 0 Å².